The largest absolute Gasteiger partial charge is 0.507 e. The van der Waals surface area contributed by atoms with Crippen molar-refractivity contribution >= 4 is 34.6 Å². The lowest BCUT2D eigenvalue weighted by Crippen LogP contribution is -2.67. The lowest BCUT2D eigenvalue weighted by molar-refractivity contribution is -0.134. The predicted octanol–water partition coefficient (Wildman–Crippen LogP) is 2.42. The molecule has 0 radical (unpaired) electrons. The van der Waals surface area contributed by atoms with Crippen LogP contribution in [0.3, 0.4) is 0 Å². The molecule has 3 aromatic rings. The normalized spacial score (nSPS) is 26.9. The van der Waals surface area contributed by atoms with Gasteiger partial charge >= 0.3 is 0 Å². The van der Waals surface area contributed by atoms with Crippen molar-refractivity contribution in [2.45, 2.75) is 75.0 Å². The Balaban J connectivity index is 0.928. The van der Waals surface area contributed by atoms with E-state index in [1.807, 2.05) is 12.4 Å². The molecule has 8 N–H and O–H groups in total. The molecule has 0 spiro atoms. The number of carbonyl (C=O) groups excluding carboxylic acids is 2. The number of fused-ring (bicyclic) bond motifs is 3. The molecule has 8 rings (SSSR count). The molecule has 2 aromatic carbocycles. The fourth-order valence-electron chi connectivity index (χ4n) is 9.18. The predicted molar refractivity (Wildman–Crippen MR) is 195 cm³/mol. The lowest BCUT2D eigenvalue weighted by Gasteiger charge is -2.54. The standard InChI is InChI=1S/C38H47N9O4/c39-31(30-4-1-2-7-35(30)48)16-34(37(40)41)46-20-25(17-42-46)44-18-26-21-51-22-27(19-44)47(26)24-10-8-23(9-11-24)28-5-3-6-32-29(28)14-15-45(32)33-12-13-36(49)43-38(33)50/h1-7,16-17,20,23-24,26-27,33,48H,8-15,18-19,21-22,39-41H2,(H,43,49,50)/b31-16-. The molecule has 13 heteroatoms. The molecule has 1 aromatic heterocycles. The van der Waals surface area contributed by atoms with Crippen molar-refractivity contribution in [3.05, 3.63) is 83.4 Å². The van der Waals surface area contributed by atoms with E-state index in [0.717, 1.165) is 57.4 Å². The van der Waals surface area contributed by atoms with E-state index in [1.54, 1.807) is 35.0 Å². The van der Waals surface area contributed by atoms with Gasteiger partial charge in [-0.05, 0) is 79.8 Å². The molecule has 51 heavy (non-hydrogen) atoms. The van der Waals surface area contributed by atoms with Gasteiger partial charge in [-0.2, -0.15) is 5.10 Å². The number of piperidine rings is 1. The monoisotopic (exact) mass is 693 g/mol. The van der Waals surface area contributed by atoms with E-state index < -0.39 is 0 Å². The topological polar surface area (TPSA) is 181 Å². The molecule has 13 nitrogen and oxygen atoms in total. The quantitative estimate of drug-likeness (QED) is 0.181. The van der Waals surface area contributed by atoms with E-state index in [2.05, 4.69) is 43.3 Å². The fourth-order valence-corrected chi connectivity index (χ4v) is 9.18. The molecular weight excluding hydrogens is 646 g/mol. The van der Waals surface area contributed by atoms with Crippen molar-refractivity contribution in [1.29, 1.82) is 0 Å². The molecule has 4 fully saturated rings. The van der Waals surface area contributed by atoms with Crippen molar-refractivity contribution in [1.82, 2.24) is 20.0 Å². The van der Waals surface area contributed by atoms with Crippen LogP contribution in [0.1, 0.15) is 61.1 Å². The van der Waals surface area contributed by atoms with Crippen molar-refractivity contribution in [3.8, 4) is 5.75 Å². The SMILES string of the molecule is NC(N)=C(/C=C(\N)c1ccccc1O)n1cc(N2CC3COCC(C2)N3C2CCC(c3cccc4c3CCN4C3CCC(=O)NC3=O)CC2)cn1. The van der Waals surface area contributed by atoms with E-state index in [9.17, 15) is 14.7 Å². The summed E-state index contributed by atoms with van der Waals surface area (Å²) < 4.78 is 7.74. The number of imide groups is 1. The Kier molecular flexibility index (Phi) is 8.84. The van der Waals surface area contributed by atoms with Crippen LogP contribution in [0, 0.1) is 0 Å². The maximum absolute atomic E-state index is 12.7. The zero-order valence-electron chi connectivity index (χ0n) is 28.8. The Morgan fingerprint density at radius 3 is 2.41 bits per heavy atom. The highest BCUT2D eigenvalue weighted by molar-refractivity contribution is 6.02. The number of ether oxygens (including phenoxy) is 1. The van der Waals surface area contributed by atoms with Crippen molar-refractivity contribution in [2.75, 3.05) is 42.6 Å². The summed E-state index contributed by atoms with van der Waals surface area (Å²) in [6.45, 7) is 3.88. The third-order valence-corrected chi connectivity index (χ3v) is 11.6. The number of aromatic nitrogens is 2. The molecule has 5 heterocycles. The minimum Gasteiger partial charge on any atom is -0.507 e. The molecule has 1 aliphatic carbocycles. The zero-order chi connectivity index (χ0) is 35.2. The first kappa shape index (κ1) is 33.2. The molecule has 4 aliphatic heterocycles. The fraction of sp³-hybridized carbons (Fsp3) is 0.447. The first-order valence-electron chi connectivity index (χ1n) is 18.1. The minimum atomic E-state index is -0.271. The smallest absolute Gasteiger partial charge is 0.249 e. The highest BCUT2D eigenvalue weighted by atomic mass is 16.5. The molecule has 3 unspecified atom stereocenters. The van der Waals surface area contributed by atoms with Gasteiger partial charge in [-0.25, -0.2) is 4.68 Å². The van der Waals surface area contributed by atoms with Crippen LogP contribution in [0.25, 0.3) is 11.4 Å². The van der Waals surface area contributed by atoms with Crippen LogP contribution in [-0.2, 0) is 20.7 Å². The van der Waals surface area contributed by atoms with Gasteiger partial charge in [0.2, 0.25) is 11.8 Å². The Bertz CT molecular complexity index is 1860. The van der Waals surface area contributed by atoms with Gasteiger partial charge in [0, 0.05) is 49.0 Å². The summed E-state index contributed by atoms with van der Waals surface area (Å²) in [6, 6.07) is 14.2. The average Bonchev–Trinajstić information content (AvgIpc) is 3.78. The summed E-state index contributed by atoms with van der Waals surface area (Å²) in [5.41, 5.74) is 24.7. The Morgan fingerprint density at radius 1 is 0.922 bits per heavy atom. The van der Waals surface area contributed by atoms with Crippen LogP contribution < -0.4 is 32.3 Å². The van der Waals surface area contributed by atoms with Gasteiger partial charge in [-0.3, -0.25) is 19.8 Å². The molecule has 5 aliphatic rings. The molecule has 3 saturated heterocycles. The van der Waals surface area contributed by atoms with Crippen molar-refractivity contribution in [2.24, 2.45) is 17.2 Å². The number of anilines is 2. The minimum absolute atomic E-state index is 0.0702. The molecule has 3 atom stereocenters. The van der Waals surface area contributed by atoms with Crippen LogP contribution in [-0.4, -0.2) is 88.6 Å². The van der Waals surface area contributed by atoms with E-state index in [-0.39, 0.29) is 41.5 Å². The molecular formula is C38H47N9O4. The number of aromatic hydroxyl groups is 1. The van der Waals surface area contributed by atoms with Gasteiger partial charge in [0.15, 0.2) is 0 Å². The van der Waals surface area contributed by atoms with E-state index >= 15 is 0 Å². The number of piperazine rings is 1. The first-order valence-corrected chi connectivity index (χ1v) is 18.1. The van der Waals surface area contributed by atoms with Crippen LogP contribution in [0.15, 0.2) is 66.8 Å². The van der Waals surface area contributed by atoms with E-state index in [4.69, 9.17) is 21.9 Å². The summed E-state index contributed by atoms with van der Waals surface area (Å²) in [6.07, 6.45) is 11.9. The maximum atomic E-state index is 12.7. The van der Waals surface area contributed by atoms with E-state index in [1.165, 1.54) is 16.8 Å². The second-order valence-electron chi connectivity index (χ2n) is 14.6. The van der Waals surface area contributed by atoms with Gasteiger partial charge < -0.3 is 36.8 Å². The summed E-state index contributed by atoms with van der Waals surface area (Å²) in [7, 11) is 0. The number of morpholine rings is 1. The second-order valence-corrected chi connectivity index (χ2v) is 14.6. The van der Waals surface area contributed by atoms with Crippen LogP contribution in [0.2, 0.25) is 0 Å². The molecule has 2 amide bonds. The first-order chi connectivity index (χ1) is 24.7. The summed E-state index contributed by atoms with van der Waals surface area (Å²) >= 11 is 0. The zero-order valence-corrected chi connectivity index (χ0v) is 28.8. The highest BCUT2D eigenvalue weighted by Gasteiger charge is 2.43. The summed E-state index contributed by atoms with van der Waals surface area (Å²) in [4.78, 5) is 31.8. The number of nitrogens with zero attached hydrogens (tertiary/aromatic N) is 5. The van der Waals surface area contributed by atoms with Gasteiger partial charge in [0.1, 0.15) is 23.3 Å². The lowest BCUT2D eigenvalue weighted by atomic mass is 9.78. The number of benzene rings is 2. The average molecular weight is 694 g/mol. The summed E-state index contributed by atoms with van der Waals surface area (Å²) in [5.74, 6) is 0.311. The number of nitrogens with two attached hydrogens (primary N) is 3. The third-order valence-electron chi connectivity index (χ3n) is 11.6. The number of allylic oxidation sites excluding steroid dienone is 2. The number of phenols is 1. The van der Waals surface area contributed by atoms with Crippen LogP contribution in [0.4, 0.5) is 11.4 Å². The molecule has 268 valence electrons. The van der Waals surface area contributed by atoms with E-state index in [0.29, 0.717) is 55.0 Å². The third kappa shape index (κ3) is 6.29. The number of nitrogens with one attached hydrogen (secondary N) is 1. The molecule has 1 saturated carbocycles. The Morgan fingerprint density at radius 2 is 1.69 bits per heavy atom. The Hall–Kier alpha value is -5.01. The summed E-state index contributed by atoms with van der Waals surface area (Å²) in [5, 5.41) is 17.4. The number of phenolic OH excluding ortho intramolecular Hbond substituents is 1. The van der Waals surface area contributed by atoms with Crippen molar-refractivity contribution in [3.63, 3.8) is 0 Å². The number of hydrogen-bond acceptors (Lipinski definition) is 11. The maximum Gasteiger partial charge on any atom is 0.249 e. The van der Waals surface area contributed by atoms with Crippen LogP contribution >= 0.6 is 0 Å². The van der Waals surface area contributed by atoms with Gasteiger partial charge in [-0.15, -0.1) is 0 Å². The number of para-hydroxylation sites is 1. The van der Waals surface area contributed by atoms with Crippen LogP contribution in [0.5, 0.6) is 5.75 Å². The number of hydrogen-bond donors (Lipinski definition) is 5. The van der Waals surface area contributed by atoms with Gasteiger partial charge in [0.05, 0.1) is 43.4 Å². The molecule has 2 bridgehead atoms. The second kappa shape index (κ2) is 13.6. The number of rotatable bonds is 7. The number of carbonyl (C=O) groups is 2. The number of amides is 2. The van der Waals surface area contributed by atoms with Gasteiger partial charge in [-0.1, -0.05) is 24.3 Å². The van der Waals surface area contributed by atoms with Crippen molar-refractivity contribution < 1.29 is 19.4 Å². The van der Waals surface area contributed by atoms with Gasteiger partial charge in [0.25, 0.3) is 0 Å². The Labute approximate surface area is 297 Å². The highest BCUT2D eigenvalue weighted by Crippen LogP contribution is 2.43.